The minimum atomic E-state index is 0.133. The van der Waals surface area contributed by atoms with Gasteiger partial charge in [-0.1, -0.05) is 6.07 Å². The summed E-state index contributed by atoms with van der Waals surface area (Å²) in [6.45, 7) is 3.90. The number of amides is 1. The molecule has 0 spiro atoms. The number of piperidine rings is 1. The minimum absolute atomic E-state index is 0.133. The molecule has 0 aromatic heterocycles. The van der Waals surface area contributed by atoms with E-state index in [-0.39, 0.29) is 5.91 Å². The lowest BCUT2D eigenvalue weighted by molar-refractivity contribution is -0.121. The van der Waals surface area contributed by atoms with E-state index in [9.17, 15) is 4.79 Å². The molecule has 0 atom stereocenters. The van der Waals surface area contributed by atoms with Crippen LogP contribution < -0.4 is 20.1 Å². The van der Waals surface area contributed by atoms with Crippen LogP contribution in [0, 0.1) is 5.92 Å². The van der Waals surface area contributed by atoms with Crippen molar-refractivity contribution in [1.82, 2.24) is 10.6 Å². The van der Waals surface area contributed by atoms with Crippen molar-refractivity contribution < 1.29 is 14.3 Å². The van der Waals surface area contributed by atoms with E-state index in [4.69, 9.17) is 9.47 Å². The molecule has 120 valence electrons. The van der Waals surface area contributed by atoms with E-state index in [0.29, 0.717) is 32.1 Å². The molecular weight excluding hydrogens is 280 g/mol. The summed E-state index contributed by atoms with van der Waals surface area (Å²) in [5.41, 5.74) is 1.04. The fourth-order valence-corrected chi connectivity index (χ4v) is 2.99. The summed E-state index contributed by atoms with van der Waals surface area (Å²) in [6, 6.07) is 5.83. The Kier molecular flexibility index (Phi) is 5.16. The first-order valence-electron chi connectivity index (χ1n) is 8.17. The summed E-state index contributed by atoms with van der Waals surface area (Å²) >= 11 is 0. The van der Waals surface area contributed by atoms with E-state index < -0.39 is 0 Å². The van der Waals surface area contributed by atoms with Crippen LogP contribution in [0.1, 0.15) is 31.2 Å². The summed E-state index contributed by atoms with van der Waals surface area (Å²) in [7, 11) is 0. The van der Waals surface area contributed by atoms with Gasteiger partial charge < -0.3 is 20.1 Å². The fourth-order valence-electron chi connectivity index (χ4n) is 2.99. The maximum Gasteiger partial charge on any atom is 0.220 e. The highest BCUT2D eigenvalue weighted by atomic mass is 16.6. The van der Waals surface area contributed by atoms with Crippen LogP contribution in [-0.4, -0.2) is 32.2 Å². The standard InChI is InChI=1S/C17H24N2O3/c20-17(4-2-13-5-7-18-8-6-13)19-12-14-1-3-15-16(11-14)22-10-9-21-15/h1,3,11,13,18H,2,4-10,12H2,(H,19,20). The number of hydrogen-bond acceptors (Lipinski definition) is 4. The third-order valence-electron chi connectivity index (χ3n) is 4.33. The molecule has 1 aromatic carbocycles. The summed E-state index contributed by atoms with van der Waals surface area (Å²) in [5, 5.41) is 6.35. The highest BCUT2D eigenvalue weighted by Crippen LogP contribution is 2.30. The average molecular weight is 304 g/mol. The first kappa shape index (κ1) is 15.2. The second kappa shape index (κ2) is 7.49. The Morgan fingerprint density at radius 2 is 1.95 bits per heavy atom. The first-order chi connectivity index (χ1) is 10.8. The summed E-state index contributed by atoms with van der Waals surface area (Å²) in [6.07, 6.45) is 3.99. The lowest BCUT2D eigenvalue weighted by Gasteiger charge is -2.22. The number of ether oxygens (including phenoxy) is 2. The molecule has 1 amide bonds. The maximum atomic E-state index is 12.0. The van der Waals surface area contributed by atoms with Crippen molar-refractivity contribution in [2.24, 2.45) is 5.92 Å². The van der Waals surface area contributed by atoms with Crippen LogP contribution >= 0.6 is 0 Å². The molecule has 5 nitrogen and oxygen atoms in total. The van der Waals surface area contributed by atoms with Gasteiger partial charge in [0.15, 0.2) is 11.5 Å². The Bertz CT molecular complexity index is 513. The zero-order chi connectivity index (χ0) is 15.2. The van der Waals surface area contributed by atoms with Crippen molar-refractivity contribution in [2.45, 2.75) is 32.2 Å². The van der Waals surface area contributed by atoms with Crippen molar-refractivity contribution in [1.29, 1.82) is 0 Å². The Hall–Kier alpha value is -1.75. The van der Waals surface area contributed by atoms with Gasteiger partial charge in [-0.05, 0) is 56.0 Å². The zero-order valence-corrected chi connectivity index (χ0v) is 12.9. The van der Waals surface area contributed by atoms with Gasteiger partial charge in [-0.3, -0.25) is 4.79 Å². The van der Waals surface area contributed by atoms with Gasteiger partial charge in [-0.15, -0.1) is 0 Å². The van der Waals surface area contributed by atoms with Crippen molar-refractivity contribution in [3.63, 3.8) is 0 Å². The minimum Gasteiger partial charge on any atom is -0.486 e. The van der Waals surface area contributed by atoms with Gasteiger partial charge >= 0.3 is 0 Å². The molecular formula is C17H24N2O3. The molecule has 2 aliphatic rings. The quantitative estimate of drug-likeness (QED) is 0.871. The van der Waals surface area contributed by atoms with Gasteiger partial charge in [-0.25, -0.2) is 0 Å². The Morgan fingerprint density at radius 3 is 2.77 bits per heavy atom. The number of fused-ring (bicyclic) bond motifs is 1. The number of benzene rings is 1. The lowest BCUT2D eigenvalue weighted by Crippen LogP contribution is -2.29. The Morgan fingerprint density at radius 1 is 1.18 bits per heavy atom. The fraction of sp³-hybridized carbons (Fsp3) is 0.588. The van der Waals surface area contributed by atoms with Crippen molar-refractivity contribution >= 4 is 5.91 Å². The summed E-state index contributed by atoms with van der Waals surface area (Å²) in [4.78, 5) is 12.0. The first-order valence-corrected chi connectivity index (χ1v) is 8.17. The molecule has 2 N–H and O–H groups in total. The van der Waals surface area contributed by atoms with Crippen LogP contribution in [0.5, 0.6) is 11.5 Å². The SMILES string of the molecule is O=C(CCC1CCNCC1)NCc1ccc2c(c1)OCCO2. The molecule has 0 unspecified atom stereocenters. The lowest BCUT2D eigenvalue weighted by atomic mass is 9.93. The van der Waals surface area contributed by atoms with Crippen LogP contribution in [-0.2, 0) is 11.3 Å². The molecule has 1 fully saturated rings. The molecule has 1 aromatic rings. The molecule has 22 heavy (non-hydrogen) atoms. The highest BCUT2D eigenvalue weighted by Gasteiger charge is 2.15. The van der Waals surface area contributed by atoms with E-state index in [2.05, 4.69) is 10.6 Å². The predicted octanol–water partition coefficient (Wildman–Crippen LogP) is 1.85. The molecule has 0 saturated carbocycles. The van der Waals surface area contributed by atoms with E-state index in [0.717, 1.165) is 36.6 Å². The van der Waals surface area contributed by atoms with E-state index in [1.54, 1.807) is 0 Å². The van der Waals surface area contributed by atoms with Gasteiger partial charge in [0.1, 0.15) is 13.2 Å². The summed E-state index contributed by atoms with van der Waals surface area (Å²) < 4.78 is 11.0. The van der Waals surface area contributed by atoms with Crippen LogP contribution in [0.4, 0.5) is 0 Å². The number of carbonyl (C=O) groups excluding carboxylic acids is 1. The summed E-state index contributed by atoms with van der Waals surface area (Å²) in [5.74, 6) is 2.38. The number of hydrogen-bond donors (Lipinski definition) is 2. The van der Waals surface area contributed by atoms with E-state index >= 15 is 0 Å². The van der Waals surface area contributed by atoms with Gasteiger partial charge in [0.05, 0.1) is 0 Å². The normalized spacial score (nSPS) is 18.0. The Balaban J connectivity index is 1.42. The predicted molar refractivity (Wildman–Crippen MR) is 84.1 cm³/mol. The van der Waals surface area contributed by atoms with E-state index in [1.807, 2.05) is 18.2 Å². The average Bonchev–Trinajstić information content (AvgIpc) is 2.59. The van der Waals surface area contributed by atoms with Crippen LogP contribution in [0.3, 0.4) is 0 Å². The maximum absolute atomic E-state index is 12.0. The molecule has 0 aliphatic carbocycles. The zero-order valence-electron chi connectivity index (χ0n) is 12.9. The Labute approximate surface area is 131 Å². The highest BCUT2D eigenvalue weighted by molar-refractivity contribution is 5.75. The second-order valence-electron chi connectivity index (χ2n) is 5.99. The van der Waals surface area contributed by atoms with Crippen molar-refractivity contribution in [3.05, 3.63) is 23.8 Å². The molecule has 2 heterocycles. The molecule has 0 radical (unpaired) electrons. The number of rotatable bonds is 5. The van der Waals surface area contributed by atoms with Gasteiger partial charge in [-0.2, -0.15) is 0 Å². The third kappa shape index (κ3) is 4.13. The second-order valence-corrected chi connectivity index (χ2v) is 5.99. The van der Waals surface area contributed by atoms with Crippen LogP contribution in [0.2, 0.25) is 0 Å². The topological polar surface area (TPSA) is 59.6 Å². The van der Waals surface area contributed by atoms with E-state index in [1.165, 1.54) is 12.8 Å². The number of nitrogens with one attached hydrogen (secondary N) is 2. The molecule has 2 aliphatic heterocycles. The number of carbonyl (C=O) groups is 1. The van der Waals surface area contributed by atoms with Gasteiger partial charge in [0.25, 0.3) is 0 Å². The van der Waals surface area contributed by atoms with Crippen molar-refractivity contribution in [2.75, 3.05) is 26.3 Å². The smallest absolute Gasteiger partial charge is 0.220 e. The van der Waals surface area contributed by atoms with Crippen molar-refractivity contribution in [3.8, 4) is 11.5 Å². The molecule has 0 bridgehead atoms. The van der Waals surface area contributed by atoms with Crippen LogP contribution in [0.25, 0.3) is 0 Å². The largest absolute Gasteiger partial charge is 0.486 e. The van der Waals surface area contributed by atoms with Gasteiger partial charge in [0.2, 0.25) is 5.91 Å². The van der Waals surface area contributed by atoms with Gasteiger partial charge in [0, 0.05) is 13.0 Å². The molecule has 5 heteroatoms. The third-order valence-corrected chi connectivity index (χ3v) is 4.33. The monoisotopic (exact) mass is 304 g/mol. The van der Waals surface area contributed by atoms with Crippen LogP contribution in [0.15, 0.2) is 18.2 Å². The molecule has 1 saturated heterocycles. The molecule has 3 rings (SSSR count).